The molecule has 16 heavy (non-hydrogen) atoms. The van der Waals surface area contributed by atoms with E-state index in [1.54, 1.807) is 0 Å². The first kappa shape index (κ1) is 11.5. The third-order valence-corrected chi connectivity index (χ3v) is 3.02. The lowest BCUT2D eigenvalue weighted by Gasteiger charge is -2.28. The van der Waals surface area contributed by atoms with Crippen LogP contribution >= 0.6 is 0 Å². The Bertz CT molecular complexity index is 289. The number of carbonyl (C=O) groups is 2. The first-order chi connectivity index (χ1) is 7.68. The standard InChI is InChI=1S/C10H17N3O3/c11-8-7-9(14)13(10(8)15)2-1-12-3-5-16-6-4-12/h8H,1-7,11H2/t8-/m1/s1. The van der Waals surface area contributed by atoms with Crippen molar-refractivity contribution in [2.75, 3.05) is 39.4 Å². The molecule has 2 aliphatic rings. The second kappa shape index (κ2) is 4.90. The SMILES string of the molecule is N[C@@H]1CC(=O)N(CCN2CCOCC2)C1=O. The number of hydrogen-bond donors (Lipinski definition) is 1. The number of morpholine rings is 1. The summed E-state index contributed by atoms with van der Waals surface area (Å²) in [6, 6.07) is -0.628. The average Bonchev–Trinajstić information content (AvgIpc) is 2.53. The fraction of sp³-hybridized carbons (Fsp3) is 0.800. The monoisotopic (exact) mass is 227 g/mol. The van der Waals surface area contributed by atoms with Crippen LogP contribution in [0.1, 0.15) is 6.42 Å². The fourth-order valence-electron chi connectivity index (χ4n) is 2.01. The molecule has 0 aliphatic carbocycles. The van der Waals surface area contributed by atoms with Crippen molar-refractivity contribution >= 4 is 11.8 Å². The highest BCUT2D eigenvalue weighted by Crippen LogP contribution is 2.10. The molecule has 2 rings (SSSR count). The van der Waals surface area contributed by atoms with E-state index in [9.17, 15) is 9.59 Å². The second-order valence-corrected chi connectivity index (χ2v) is 4.15. The minimum Gasteiger partial charge on any atom is -0.379 e. The first-order valence-electron chi connectivity index (χ1n) is 5.58. The number of rotatable bonds is 3. The number of imide groups is 1. The topological polar surface area (TPSA) is 75.9 Å². The van der Waals surface area contributed by atoms with Crippen molar-refractivity contribution in [2.45, 2.75) is 12.5 Å². The molecule has 0 radical (unpaired) electrons. The van der Waals surface area contributed by atoms with E-state index in [0.717, 1.165) is 26.3 Å². The molecular weight excluding hydrogens is 210 g/mol. The number of hydrogen-bond acceptors (Lipinski definition) is 5. The average molecular weight is 227 g/mol. The Morgan fingerprint density at radius 3 is 2.50 bits per heavy atom. The molecule has 2 saturated heterocycles. The van der Waals surface area contributed by atoms with Gasteiger partial charge in [0.05, 0.1) is 25.7 Å². The number of nitrogens with zero attached hydrogens (tertiary/aromatic N) is 2. The Kier molecular flexibility index (Phi) is 3.52. The zero-order chi connectivity index (χ0) is 11.5. The fourth-order valence-corrected chi connectivity index (χ4v) is 2.01. The maximum Gasteiger partial charge on any atom is 0.246 e. The summed E-state index contributed by atoms with van der Waals surface area (Å²) in [5, 5.41) is 0. The van der Waals surface area contributed by atoms with E-state index < -0.39 is 6.04 Å². The van der Waals surface area contributed by atoms with E-state index in [1.165, 1.54) is 4.90 Å². The van der Waals surface area contributed by atoms with E-state index in [0.29, 0.717) is 13.1 Å². The van der Waals surface area contributed by atoms with Gasteiger partial charge in [-0.05, 0) is 0 Å². The summed E-state index contributed by atoms with van der Waals surface area (Å²) < 4.78 is 5.22. The first-order valence-corrected chi connectivity index (χ1v) is 5.58. The summed E-state index contributed by atoms with van der Waals surface area (Å²) in [6.07, 6.45) is 0.155. The lowest BCUT2D eigenvalue weighted by Crippen LogP contribution is -2.44. The lowest BCUT2D eigenvalue weighted by molar-refractivity contribution is -0.139. The zero-order valence-corrected chi connectivity index (χ0v) is 9.22. The molecule has 2 fully saturated rings. The van der Waals surface area contributed by atoms with Gasteiger partial charge < -0.3 is 10.5 Å². The van der Waals surface area contributed by atoms with Gasteiger partial charge in [0.2, 0.25) is 11.8 Å². The van der Waals surface area contributed by atoms with E-state index in [4.69, 9.17) is 10.5 Å². The summed E-state index contributed by atoms with van der Waals surface area (Å²) in [4.78, 5) is 26.4. The maximum atomic E-state index is 11.5. The van der Waals surface area contributed by atoms with Gasteiger partial charge in [-0.2, -0.15) is 0 Å². The Balaban J connectivity index is 1.80. The largest absolute Gasteiger partial charge is 0.379 e. The quantitative estimate of drug-likeness (QED) is 0.588. The van der Waals surface area contributed by atoms with Gasteiger partial charge in [-0.3, -0.25) is 19.4 Å². The summed E-state index contributed by atoms with van der Waals surface area (Å²) >= 11 is 0. The van der Waals surface area contributed by atoms with Crippen molar-refractivity contribution < 1.29 is 14.3 Å². The molecule has 6 heteroatoms. The van der Waals surface area contributed by atoms with Crippen LogP contribution in [-0.2, 0) is 14.3 Å². The van der Waals surface area contributed by atoms with Crippen molar-refractivity contribution in [3.63, 3.8) is 0 Å². The molecule has 2 heterocycles. The van der Waals surface area contributed by atoms with Crippen molar-refractivity contribution in [1.29, 1.82) is 0 Å². The molecule has 90 valence electrons. The molecule has 0 aromatic rings. The minimum atomic E-state index is -0.628. The maximum absolute atomic E-state index is 11.5. The number of ether oxygens (including phenoxy) is 1. The van der Waals surface area contributed by atoms with Gasteiger partial charge >= 0.3 is 0 Å². The Hall–Kier alpha value is -0.980. The predicted octanol–water partition coefficient (Wildman–Crippen LogP) is -1.60. The zero-order valence-electron chi connectivity index (χ0n) is 9.22. The molecule has 0 aromatic heterocycles. The van der Waals surface area contributed by atoms with Gasteiger partial charge in [-0.1, -0.05) is 0 Å². The lowest BCUT2D eigenvalue weighted by atomic mass is 10.3. The van der Waals surface area contributed by atoms with E-state index in [2.05, 4.69) is 4.90 Å². The third kappa shape index (κ3) is 2.40. The normalized spacial score (nSPS) is 27.8. The summed E-state index contributed by atoms with van der Waals surface area (Å²) in [5.41, 5.74) is 5.52. The van der Waals surface area contributed by atoms with Crippen LogP contribution in [0.3, 0.4) is 0 Å². The molecule has 0 aromatic carbocycles. The van der Waals surface area contributed by atoms with Crippen LogP contribution in [0.5, 0.6) is 0 Å². The van der Waals surface area contributed by atoms with Crippen LogP contribution in [0.25, 0.3) is 0 Å². The Morgan fingerprint density at radius 2 is 1.94 bits per heavy atom. The summed E-state index contributed by atoms with van der Waals surface area (Å²) in [5.74, 6) is -0.385. The number of likely N-dealkylation sites (tertiary alicyclic amines) is 1. The molecule has 2 N–H and O–H groups in total. The molecule has 0 spiro atoms. The highest BCUT2D eigenvalue weighted by molar-refractivity contribution is 6.05. The van der Waals surface area contributed by atoms with Crippen LogP contribution in [0.4, 0.5) is 0 Å². The van der Waals surface area contributed by atoms with Crippen LogP contribution in [0.2, 0.25) is 0 Å². The van der Waals surface area contributed by atoms with Crippen LogP contribution in [0, 0.1) is 0 Å². The Labute approximate surface area is 94.3 Å². The molecule has 1 atom stereocenters. The van der Waals surface area contributed by atoms with Gasteiger partial charge in [0.25, 0.3) is 0 Å². The second-order valence-electron chi connectivity index (χ2n) is 4.15. The highest BCUT2D eigenvalue weighted by atomic mass is 16.5. The number of amides is 2. The van der Waals surface area contributed by atoms with Gasteiger partial charge in [-0.25, -0.2) is 0 Å². The van der Waals surface area contributed by atoms with Crippen molar-refractivity contribution in [3.8, 4) is 0 Å². The van der Waals surface area contributed by atoms with Crippen LogP contribution < -0.4 is 5.73 Å². The Morgan fingerprint density at radius 1 is 1.25 bits per heavy atom. The minimum absolute atomic E-state index is 0.147. The highest BCUT2D eigenvalue weighted by Gasteiger charge is 2.35. The van der Waals surface area contributed by atoms with Crippen LogP contribution in [-0.4, -0.2) is 67.0 Å². The van der Waals surface area contributed by atoms with Gasteiger partial charge in [0, 0.05) is 26.2 Å². The molecule has 0 saturated carbocycles. The third-order valence-electron chi connectivity index (χ3n) is 3.02. The van der Waals surface area contributed by atoms with Crippen molar-refractivity contribution in [2.24, 2.45) is 5.73 Å². The van der Waals surface area contributed by atoms with Crippen LogP contribution in [0.15, 0.2) is 0 Å². The van der Waals surface area contributed by atoms with Crippen molar-refractivity contribution in [1.82, 2.24) is 9.80 Å². The summed E-state index contributed by atoms with van der Waals surface area (Å²) in [7, 11) is 0. The number of carbonyl (C=O) groups excluding carboxylic acids is 2. The van der Waals surface area contributed by atoms with E-state index in [-0.39, 0.29) is 18.2 Å². The molecule has 0 unspecified atom stereocenters. The van der Waals surface area contributed by atoms with Gasteiger partial charge in [0.15, 0.2) is 0 Å². The molecule has 2 amide bonds. The number of nitrogens with two attached hydrogens (primary N) is 1. The predicted molar refractivity (Wildman–Crippen MR) is 56.6 cm³/mol. The molecule has 2 aliphatic heterocycles. The smallest absolute Gasteiger partial charge is 0.246 e. The molecule has 0 bridgehead atoms. The molecule has 6 nitrogen and oxygen atoms in total. The van der Waals surface area contributed by atoms with Gasteiger partial charge in [0.1, 0.15) is 0 Å². The van der Waals surface area contributed by atoms with Gasteiger partial charge in [-0.15, -0.1) is 0 Å². The molecular formula is C10H17N3O3. The summed E-state index contributed by atoms with van der Waals surface area (Å²) in [6.45, 7) is 4.34. The van der Waals surface area contributed by atoms with E-state index >= 15 is 0 Å². The van der Waals surface area contributed by atoms with E-state index in [1.807, 2.05) is 0 Å². The van der Waals surface area contributed by atoms with Crippen molar-refractivity contribution in [3.05, 3.63) is 0 Å².